The van der Waals surface area contributed by atoms with E-state index in [1.165, 1.54) is 18.9 Å². The number of hydrogen-bond donors (Lipinski definition) is 0. The van der Waals surface area contributed by atoms with Crippen molar-refractivity contribution in [3.63, 3.8) is 0 Å². The normalized spacial score (nSPS) is 11.1. The van der Waals surface area contributed by atoms with Gasteiger partial charge < -0.3 is 9.15 Å². The highest BCUT2D eigenvalue weighted by atomic mass is 32.2. The molecule has 2 rings (SSSR count). The van der Waals surface area contributed by atoms with Crippen LogP contribution in [0.4, 0.5) is 0 Å². The lowest BCUT2D eigenvalue weighted by Crippen LogP contribution is -2.08. The van der Waals surface area contributed by atoms with E-state index in [0.717, 1.165) is 17.1 Å². The maximum atomic E-state index is 11.2. The first kappa shape index (κ1) is 14.6. The van der Waals surface area contributed by atoms with E-state index in [4.69, 9.17) is 4.42 Å². The van der Waals surface area contributed by atoms with Crippen molar-refractivity contribution >= 4 is 17.7 Å². The highest BCUT2D eigenvalue weighted by Crippen LogP contribution is 2.29. The van der Waals surface area contributed by atoms with Gasteiger partial charge in [0, 0.05) is 6.04 Å². The Hall–Kier alpha value is -1.76. The van der Waals surface area contributed by atoms with Crippen LogP contribution in [0.3, 0.4) is 0 Å². The van der Waals surface area contributed by atoms with Crippen molar-refractivity contribution < 1.29 is 13.9 Å². The number of carbonyl (C=O) groups is 1. The molecule has 0 amide bonds. The number of nitrogens with zero attached hydrogens (tertiary/aromatic N) is 3. The van der Waals surface area contributed by atoms with Gasteiger partial charge in [0.25, 0.3) is 0 Å². The topological polar surface area (TPSA) is 70.2 Å². The van der Waals surface area contributed by atoms with Crippen molar-refractivity contribution in [1.82, 2.24) is 14.8 Å². The Kier molecular flexibility index (Phi) is 4.49. The van der Waals surface area contributed by atoms with Crippen molar-refractivity contribution in [3.8, 4) is 11.4 Å². The largest absolute Gasteiger partial charge is 0.469 e. The van der Waals surface area contributed by atoms with Crippen molar-refractivity contribution in [1.29, 1.82) is 0 Å². The number of ether oxygens (including phenoxy) is 1. The van der Waals surface area contributed by atoms with E-state index < -0.39 is 0 Å². The SMILES string of the molecule is COC(=O)CSc1nnc(-c2ccoc2C)n1C(C)C. The molecule has 0 aliphatic heterocycles. The summed E-state index contributed by atoms with van der Waals surface area (Å²) in [5.41, 5.74) is 0.913. The molecule has 20 heavy (non-hydrogen) atoms. The third-order valence-electron chi connectivity index (χ3n) is 2.83. The third kappa shape index (κ3) is 2.87. The molecule has 0 aliphatic rings. The number of carbonyl (C=O) groups excluding carboxylic acids is 1. The molecule has 0 N–H and O–H groups in total. The summed E-state index contributed by atoms with van der Waals surface area (Å²) in [6.07, 6.45) is 1.63. The minimum atomic E-state index is -0.283. The van der Waals surface area contributed by atoms with Crippen molar-refractivity contribution in [2.45, 2.75) is 32.0 Å². The lowest BCUT2D eigenvalue weighted by Gasteiger charge is -2.13. The molecule has 0 fully saturated rings. The van der Waals surface area contributed by atoms with Gasteiger partial charge >= 0.3 is 5.97 Å². The number of hydrogen-bond acceptors (Lipinski definition) is 6. The zero-order valence-electron chi connectivity index (χ0n) is 11.9. The molecular weight excluding hydrogens is 278 g/mol. The quantitative estimate of drug-likeness (QED) is 0.624. The van der Waals surface area contributed by atoms with Gasteiger partial charge in [0.15, 0.2) is 11.0 Å². The fraction of sp³-hybridized carbons (Fsp3) is 0.462. The Bertz CT molecular complexity index is 604. The Balaban J connectivity index is 2.33. The van der Waals surface area contributed by atoms with Gasteiger partial charge in [-0.05, 0) is 26.8 Å². The minimum absolute atomic E-state index is 0.175. The van der Waals surface area contributed by atoms with Crippen LogP contribution in [0.15, 0.2) is 21.9 Å². The van der Waals surface area contributed by atoms with Crippen LogP contribution < -0.4 is 0 Å². The molecule has 0 radical (unpaired) electrons. The van der Waals surface area contributed by atoms with Crippen LogP contribution in [0.25, 0.3) is 11.4 Å². The van der Waals surface area contributed by atoms with Gasteiger partial charge in [-0.2, -0.15) is 0 Å². The second-order valence-corrected chi connectivity index (χ2v) is 5.47. The van der Waals surface area contributed by atoms with E-state index in [-0.39, 0.29) is 17.8 Å². The van der Waals surface area contributed by atoms with Gasteiger partial charge in [0.05, 0.1) is 24.7 Å². The maximum Gasteiger partial charge on any atom is 0.316 e. The first-order valence-corrected chi connectivity index (χ1v) is 7.22. The summed E-state index contributed by atoms with van der Waals surface area (Å²) in [4.78, 5) is 11.2. The minimum Gasteiger partial charge on any atom is -0.469 e. The second kappa shape index (κ2) is 6.13. The molecule has 0 spiro atoms. The monoisotopic (exact) mass is 295 g/mol. The summed E-state index contributed by atoms with van der Waals surface area (Å²) in [5, 5.41) is 9.09. The number of aryl methyl sites for hydroxylation is 1. The number of thioether (sulfide) groups is 1. The van der Waals surface area contributed by atoms with Gasteiger partial charge in [-0.25, -0.2) is 0 Å². The van der Waals surface area contributed by atoms with Crippen LogP contribution in [0.1, 0.15) is 25.6 Å². The van der Waals surface area contributed by atoms with E-state index in [1.807, 2.05) is 31.4 Å². The standard InChI is InChI=1S/C13H17N3O3S/c1-8(2)16-12(10-5-6-19-9(10)3)14-15-13(16)20-7-11(17)18-4/h5-6,8H,7H2,1-4H3. The molecule has 0 aliphatic carbocycles. The Morgan fingerprint density at radius 2 is 2.25 bits per heavy atom. The molecule has 2 aromatic heterocycles. The molecule has 108 valence electrons. The highest BCUT2D eigenvalue weighted by Gasteiger charge is 2.20. The van der Waals surface area contributed by atoms with E-state index in [0.29, 0.717) is 5.16 Å². The second-order valence-electron chi connectivity index (χ2n) is 4.53. The van der Waals surface area contributed by atoms with Crippen molar-refractivity contribution in [2.75, 3.05) is 12.9 Å². The van der Waals surface area contributed by atoms with Gasteiger partial charge in [0.1, 0.15) is 5.76 Å². The molecule has 0 unspecified atom stereocenters. The average molecular weight is 295 g/mol. The molecule has 0 bridgehead atoms. The fourth-order valence-corrected chi connectivity index (χ4v) is 2.72. The number of furan rings is 1. The van der Waals surface area contributed by atoms with Crippen LogP contribution in [0, 0.1) is 6.92 Å². The summed E-state index contributed by atoms with van der Waals surface area (Å²) >= 11 is 1.32. The zero-order valence-corrected chi connectivity index (χ0v) is 12.7. The molecule has 0 saturated carbocycles. The molecule has 2 heterocycles. The number of methoxy groups -OCH3 is 1. The van der Waals surface area contributed by atoms with Gasteiger partial charge in [-0.15, -0.1) is 10.2 Å². The molecule has 6 nitrogen and oxygen atoms in total. The molecule has 2 aromatic rings. The van der Waals surface area contributed by atoms with Crippen molar-refractivity contribution in [3.05, 3.63) is 18.1 Å². The lowest BCUT2D eigenvalue weighted by molar-refractivity contribution is -0.137. The summed E-state index contributed by atoms with van der Waals surface area (Å²) in [7, 11) is 1.37. The molecule has 0 atom stereocenters. The number of rotatable bonds is 5. The highest BCUT2D eigenvalue weighted by molar-refractivity contribution is 7.99. The molecule has 0 saturated heterocycles. The van der Waals surface area contributed by atoms with Crippen molar-refractivity contribution in [2.24, 2.45) is 0 Å². The third-order valence-corrected chi connectivity index (χ3v) is 3.74. The van der Waals surface area contributed by atoms with E-state index >= 15 is 0 Å². The van der Waals surface area contributed by atoms with E-state index in [9.17, 15) is 4.79 Å². The number of aromatic nitrogens is 3. The summed E-state index contributed by atoms with van der Waals surface area (Å²) in [5.74, 6) is 1.47. The Morgan fingerprint density at radius 3 is 2.80 bits per heavy atom. The predicted molar refractivity (Wildman–Crippen MR) is 75.6 cm³/mol. The number of esters is 1. The van der Waals surface area contributed by atoms with Crippen LogP contribution in [-0.4, -0.2) is 33.6 Å². The molecule has 7 heteroatoms. The zero-order chi connectivity index (χ0) is 14.7. The van der Waals surface area contributed by atoms with Crippen LogP contribution in [0.5, 0.6) is 0 Å². The lowest BCUT2D eigenvalue weighted by atomic mass is 10.2. The maximum absolute atomic E-state index is 11.2. The van der Waals surface area contributed by atoms with Crippen LogP contribution in [0.2, 0.25) is 0 Å². The predicted octanol–water partition coefficient (Wildman–Crippen LogP) is 2.69. The smallest absolute Gasteiger partial charge is 0.316 e. The summed E-state index contributed by atoms with van der Waals surface area (Å²) in [6.45, 7) is 5.98. The van der Waals surface area contributed by atoms with Gasteiger partial charge in [0.2, 0.25) is 0 Å². The fourth-order valence-electron chi connectivity index (χ4n) is 1.82. The summed E-state index contributed by atoms with van der Waals surface area (Å²) in [6, 6.07) is 2.04. The summed E-state index contributed by atoms with van der Waals surface area (Å²) < 4.78 is 11.9. The Labute approximate surface area is 121 Å². The van der Waals surface area contributed by atoms with Crippen LogP contribution >= 0.6 is 11.8 Å². The average Bonchev–Trinajstić information content (AvgIpc) is 3.01. The van der Waals surface area contributed by atoms with Gasteiger partial charge in [-0.3, -0.25) is 9.36 Å². The first-order chi connectivity index (χ1) is 9.54. The van der Waals surface area contributed by atoms with Gasteiger partial charge in [-0.1, -0.05) is 11.8 Å². The van der Waals surface area contributed by atoms with E-state index in [2.05, 4.69) is 14.9 Å². The van der Waals surface area contributed by atoms with Crippen LogP contribution in [-0.2, 0) is 9.53 Å². The first-order valence-electron chi connectivity index (χ1n) is 6.23. The molecular formula is C13H17N3O3S. The Morgan fingerprint density at radius 1 is 1.50 bits per heavy atom. The molecule has 0 aromatic carbocycles. The van der Waals surface area contributed by atoms with E-state index in [1.54, 1.807) is 6.26 Å².